The van der Waals surface area contributed by atoms with Crippen LogP contribution in [0.25, 0.3) is 0 Å². The molecule has 0 saturated carbocycles. The number of carbonyl (C=O) groups is 1. The molecule has 0 saturated heterocycles. The van der Waals surface area contributed by atoms with E-state index in [0.29, 0.717) is 18.0 Å². The van der Waals surface area contributed by atoms with Gasteiger partial charge in [-0.25, -0.2) is 8.42 Å². The first-order valence-corrected chi connectivity index (χ1v) is 11.6. The molecule has 0 aliphatic heterocycles. The summed E-state index contributed by atoms with van der Waals surface area (Å²) in [5.74, 6) is 2.01. The Bertz CT molecular complexity index is 864. The summed E-state index contributed by atoms with van der Waals surface area (Å²) in [6.45, 7) is 5.79. The average molecular weight is 411 g/mol. The van der Waals surface area contributed by atoms with Crippen molar-refractivity contribution in [3.05, 3.63) is 53.5 Å². The summed E-state index contributed by atoms with van der Waals surface area (Å²) in [4.78, 5) is 12.5. The molecule has 1 atom stereocenters. The minimum absolute atomic E-state index is 0.320. The van der Waals surface area contributed by atoms with Crippen molar-refractivity contribution in [2.75, 3.05) is 22.9 Å². The molecule has 6 nitrogen and oxygen atoms in total. The van der Waals surface area contributed by atoms with E-state index in [1.165, 1.54) is 4.31 Å². The van der Waals surface area contributed by atoms with Crippen LogP contribution in [0.1, 0.15) is 23.8 Å². The second-order valence-corrected chi connectivity index (χ2v) is 9.41. The molecule has 1 aromatic heterocycles. The molecule has 148 valence electrons. The smallest absolute Gasteiger partial charge is 0.243 e. The van der Waals surface area contributed by atoms with Crippen molar-refractivity contribution in [3.63, 3.8) is 0 Å². The van der Waals surface area contributed by atoms with Crippen LogP contribution in [-0.2, 0) is 20.6 Å². The third-order valence-electron chi connectivity index (χ3n) is 4.06. The van der Waals surface area contributed by atoms with Gasteiger partial charge in [-0.05, 0) is 50.1 Å². The van der Waals surface area contributed by atoms with Gasteiger partial charge in [0, 0.05) is 12.3 Å². The van der Waals surface area contributed by atoms with E-state index in [2.05, 4.69) is 5.32 Å². The standard InChI is InChI=1S/C19H26N2O4S2/c1-14-7-8-15(2)18(12-14)21(27(4,23)24)16(3)19(22)20-9-11-26-13-17-6-5-10-25-17/h5-8,10,12,16H,9,11,13H2,1-4H3,(H,20,22)/t16-/m0/s1. The Kier molecular flexibility index (Phi) is 7.38. The molecule has 1 amide bonds. The van der Waals surface area contributed by atoms with Crippen LogP contribution in [0.15, 0.2) is 41.0 Å². The fourth-order valence-corrected chi connectivity index (χ4v) is 4.68. The summed E-state index contributed by atoms with van der Waals surface area (Å²) < 4.78 is 31.2. The van der Waals surface area contributed by atoms with Crippen LogP contribution in [0.3, 0.4) is 0 Å². The maximum absolute atomic E-state index is 12.5. The van der Waals surface area contributed by atoms with Gasteiger partial charge in [-0.15, -0.1) is 0 Å². The van der Waals surface area contributed by atoms with E-state index >= 15 is 0 Å². The maximum Gasteiger partial charge on any atom is 0.243 e. The quantitative estimate of drug-likeness (QED) is 0.643. The van der Waals surface area contributed by atoms with Crippen molar-refractivity contribution in [2.45, 2.75) is 32.6 Å². The Morgan fingerprint density at radius 3 is 2.67 bits per heavy atom. The molecule has 0 fully saturated rings. The highest BCUT2D eigenvalue weighted by Crippen LogP contribution is 2.26. The Balaban J connectivity index is 1.99. The number of nitrogens with zero attached hydrogens (tertiary/aromatic N) is 1. The molecule has 0 aliphatic rings. The molecule has 0 radical (unpaired) electrons. The van der Waals surface area contributed by atoms with Gasteiger partial charge in [-0.3, -0.25) is 9.10 Å². The van der Waals surface area contributed by atoms with Gasteiger partial charge in [0.2, 0.25) is 15.9 Å². The van der Waals surface area contributed by atoms with Gasteiger partial charge < -0.3 is 9.73 Å². The van der Waals surface area contributed by atoms with Crippen molar-refractivity contribution >= 4 is 33.4 Å². The second-order valence-electron chi connectivity index (χ2n) is 6.45. The van der Waals surface area contributed by atoms with Crippen molar-refractivity contribution in [2.24, 2.45) is 0 Å². The first-order chi connectivity index (χ1) is 12.7. The zero-order chi connectivity index (χ0) is 20.0. The molecule has 1 N–H and O–H groups in total. The molecule has 0 unspecified atom stereocenters. The lowest BCUT2D eigenvalue weighted by molar-refractivity contribution is -0.121. The summed E-state index contributed by atoms with van der Waals surface area (Å²) >= 11 is 1.64. The number of hydrogen-bond donors (Lipinski definition) is 1. The lowest BCUT2D eigenvalue weighted by Crippen LogP contribution is -2.48. The Labute approximate surface area is 165 Å². The zero-order valence-electron chi connectivity index (χ0n) is 16.1. The Morgan fingerprint density at radius 2 is 2.04 bits per heavy atom. The van der Waals surface area contributed by atoms with Crippen LogP contribution in [-0.4, -0.2) is 38.9 Å². The lowest BCUT2D eigenvalue weighted by Gasteiger charge is -2.29. The van der Waals surface area contributed by atoms with Crippen LogP contribution in [0.2, 0.25) is 0 Å². The van der Waals surface area contributed by atoms with Crippen LogP contribution in [0.5, 0.6) is 0 Å². The highest BCUT2D eigenvalue weighted by molar-refractivity contribution is 7.98. The molecule has 8 heteroatoms. The molecule has 0 aliphatic carbocycles. The van der Waals surface area contributed by atoms with Crippen LogP contribution >= 0.6 is 11.8 Å². The number of hydrogen-bond acceptors (Lipinski definition) is 5. The van der Waals surface area contributed by atoms with Crippen LogP contribution in [0, 0.1) is 13.8 Å². The third kappa shape index (κ3) is 6.04. The van der Waals surface area contributed by atoms with Crippen molar-refractivity contribution in [1.29, 1.82) is 0 Å². The molecule has 2 aromatic rings. The predicted molar refractivity (Wildman–Crippen MR) is 111 cm³/mol. The summed E-state index contributed by atoms with van der Waals surface area (Å²) in [5, 5.41) is 2.82. The normalized spacial score (nSPS) is 12.6. The van der Waals surface area contributed by atoms with Gasteiger partial charge >= 0.3 is 0 Å². The van der Waals surface area contributed by atoms with Crippen molar-refractivity contribution in [3.8, 4) is 0 Å². The zero-order valence-corrected chi connectivity index (χ0v) is 17.7. The number of nitrogens with one attached hydrogen (secondary N) is 1. The highest BCUT2D eigenvalue weighted by atomic mass is 32.2. The monoisotopic (exact) mass is 410 g/mol. The first kappa shape index (κ1) is 21.4. The van der Waals surface area contributed by atoms with Gasteiger partial charge in [0.15, 0.2) is 0 Å². The second kappa shape index (κ2) is 9.32. The first-order valence-electron chi connectivity index (χ1n) is 8.64. The minimum Gasteiger partial charge on any atom is -0.468 e. The van der Waals surface area contributed by atoms with E-state index < -0.39 is 16.1 Å². The van der Waals surface area contributed by atoms with Gasteiger partial charge in [-0.2, -0.15) is 11.8 Å². The molecule has 27 heavy (non-hydrogen) atoms. The molecule has 0 bridgehead atoms. The fraction of sp³-hybridized carbons (Fsp3) is 0.421. The molecule has 1 heterocycles. The number of amides is 1. The third-order valence-corrected chi connectivity index (χ3v) is 6.27. The van der Waals surface area contributed by atoms with E-state index in [1.807, 2.05) is 38.1 Å². The fourth-order valence-electron chi connectivity index (χ4n) is 2.70. The van der Waals surface area contributed by atoms with E-state index in [1.54, 1.807) is 31.0 Å². The summed E-state index contributed by atoms with van der Waals surface area (Å²) in [6.07, 6.45) is 2.75. The van der Waals surface area contributed by atoms with Crippen molar-refractivity contribution in [1.82, 2.24) is 5.32 Å². The molecule has 1 aromatic carbocycles. The van der Waals surface area contributed by atoms with E-state index in [4.69, 9.17) is 4.42 Å². The topological polar surface area (TPSA) is 79.6 Å². The minimum atomic E-state index is -3.61. The maximum atomic E-state index is 12.5. The highest BCUT2D eigenvalue weighted by Gasteiger charge is 2.29. The van der Waals surface area contributed by atoms with Gasteiger partial charge in [0.25, 0.3) is 0 Å². The van der Waals surface area contributed by atoms with Crippen LogP contribution < -0.4 is 9.62 Å². The average Bonchev–Trinajstić information content (AvgIpc) is 3.09. The summed E-state index contributed by atoms with van der Waals surface area (Å²) in [6, 6.07) is 8.47. The number of anilines is 1. The van der Waals surface area contributed by atoms with Crippen LogP contribution in [0.4, 0.5) is 5.69 Å². The lowest BCUT2D eigenvalue weighted by atomic mass is 10.1. The predicted octanol–water partition coefficient (Wildman–Crippen LogP) is 3.10. The Morgan fingerprint density at radius 1 is 1.30 bits per heavy atom. The van der Waals surface area contributed by atoms with Crippen molar-refractivity contribution < 1.29 is 17.6 Å². The number of thioether (sulfide) groups is 1. The van der Waals surface area contributed by atoms with Gasteiger partial charge in [0.05, 0.1) is 24.0 Å². The SMILES string of the molecule is Cc1ccc(C)c(N([C@@H](C)C(=O)NCCSCc2ccco2)S(C)(=O)=O)c1. The number of rotatable bonds is 9. The Hall–Kier alpha value is -1.93. The van der Waals surface area contributed by atoms with Gasteiger partial charge in [-0.1, -0.05) is 12.1 Å². The molecule has 2 rings (SSSR count). The number of aryl methyl sites for hydroxylation is 2. The number of carbonyl (C=O) groups excluding carboxylic acids is 1. The van der Waals surface area contributed by atoms with Gasteiger partial charge in [0.1, 0.15) is 11.8 Å². The summed E-state index contributed by atoms with van der Waals surface area (Å²) in [7, 11) is -3.61. The molecule has 0 spiro atoms. The number of furan rings is 1. The molecular weight excluding hydrogens is 384 g/mol. The van der Waals surface area contributed by atoms with E-state index in [9.17, 15) is 13.2 Å². The van der Waals surface area contributed by atoms with E-state index in [-0.39, 0.29) is 5.91 Å². The number of sulfonamides is 1. The summed E-state index contributed by atoms with van der Waals surface area (Å²) in [5.41, 5.74) is 2.28. The molecular formula is C19H26N2O4S2. The number of benzene rings is 1. The largest absolute Gasteiger partial charge is 0.468 e. The van der Waals surface area contributed by atoms with E-state index in [0.717, 1.165) is 28.9 Å².